The van der Waals surface area contributed by atoms with Gasteiger partial charge in [-0.3, -0.25) is 9.59 Å². The quantitative estimate of drug-likeness (QED) is 0.405. The average molecular weight is 349 g/mol. The minimum Gasteiger partial charge on any atom is -0.508 e. The van der Waals surface area contributed by atoms with Gasteiger partial charge in [0.1, 0.15) is 17.4 Å². The van der Waals surface area contributed by atoms with E-state index in [2.05, 4.69) is 10.6 Å². The second kappa shape index (κ2) is 9.04. The molecule has 0 aromatic heterocycles. The Kier molecular flexibility index (Phi) is 6.52. The highest BCUT2D eigenvalue weighted by Gasteiger charge is 2.08. The van der Waals surface area contributed by atoms with Crippen LogP contribution in [-0.2, 0) is 11.2 Å². The van der Waals surface area contributed by atoms with Crippen molar-refractivity contribution in [3.05, 3.63) is 71.4 Å². The average Bonchev–Trinajstić information content (AvgIpc) is 2.64. The first-order valence-electron chi connectivity index (χ1n) is 8.03. The number of carbonyl (C=O) groups excluding carboxylic acids is 2. The van der Waals surface area contributed by atoms with Gasteiger partial charge in [-0.15, -0.1) is 0 Å². The molecule has 6 heteroatoms. The summed E-state index contributed by atoms with van der Waals surface area (Å²) in [5.41, 5.74) is 2.05. The van der Waals surface area contributed by atoms with Crippen LogP contribution in [0, 0.1) is 11.3 Å². The van der Waals surface area contributed by atoms with Crippen molar-refractivity contribution in [2.75, 3.05) is 11.9 Å². The maximum absolute atomic E-state index is 12.1. The fourth-order valence-corrected chi connectivity index (χ4v) is 2.21. The first-order valence-corrected chi connectivity index (χ1v) is 8.03. The number of amides is 1. The molecule has 3 N–H and O–H groups in total. The van der Waals surface area contributed by atoms with Crippen LogP contribution >= 0.6 is 0 Å². The number of Topliss-reactive ketones (excluding diaryl/α,β-unsaturated/α-hetero) is 1. The van der Waals surface area contributed by atoms with E-state index in [0.717, 1.165) is 5.56 Å². The molecule has 1 amide bonds. The molecular weight excluding hydrogens is 330 g/mol. The Morgan fingerprint density at radius 1 is 1.19 bits per heavy atom. The number of carbonyl (C=O) groups is 2. The van der Waals surface area contributed by atoms with Gasteiger partial charge in [0, 0.05) is 24.0 Å². The lowest BCUT2D eigenvalue weighted by atomic mass is 10.1. The molecule has 0 spiro atoms. The van der Waals surface area contributed by atoms with Crippen LogP contribution in [0.15, 0.2) is 60.3 Å². The smallest absolute Gasteiger partial charge is 0.263 e. The lowest BCUT2D eigenvalue weighted by molar-refractivity contribution is -0.117. The summed E-state index contributed by atoms with van der Waals surface area (Å²) in [6, 6.07) is 15.4. The third-order valence-electron chi connectivity index (χ3n) is 3.65. The summed E-state index contributed by atoms with van der Waals surface area (Å²) in [6.45, 7) is 1.83. The van der Waals surface area contributed by atoms with Crippen LogP contribution in [0.2, 0.25) is 0 Å². The molecule has 0 heterocycles. The largest absolute Gasteiger partial charge is 0.508 e. The van der Waals surface area contributed by atoms with Crippen molar-refractivity contribution in [2.45, 2.75) is 13.3 Å². The lowest BCUT2D eigenvalue weighted by Gasteiger charge is -2.06. The molecule has 0 aliphatic heterocycles. The SMILES string of the molecule is CC(=O)c1cccc(N/C=C(/C#N)C(=O)NCCc2ccc(O)cc2)c1. The Labute approximate surface area is 151 Å². The van der Waals surface area contributed by atoms with Gasteiger partial charge in [0.15, 0.2) is 5.78 Å². The normalized spacial score (nSPS) is 10.7. The van der Waals surface area contributed by atoms with Gasteiger partial charge in [0.05, 0.1) is 0 Å². The minimum absolute atomic E-state index is 0.0647. The Morgan fingerprint density at radius 2 is 1.92 bits per heavy atom. The number of aromatic hydroxyl groups is 1. The third-order valence-corrected chi connectivity index (χ3v) is 3.65. The van der Waals surface area contributed by atoms with E-state index in [1.807, 2.05) is 6.07 Å². The van der Waals surface area contributed by atoms with Gasteiger partial charge < -0.3 is 15.7 Å². The summed E-state index contributed by atoms with van der Waals surface area (Å²) in [4.78, 5) is 23.5. The predicted molar refractivity (Wildman–Crippen MR) is 98.6 cm³/mol. The van der Waals surface area contributed by atoms with Gasteiger partial charge in [-0.25, -0.2) is 0 Å². The molecule has 2 aromatic rings. The molecule has 0 saturated heterocycles. The number of nitrogens with one attached hydrogen (secondary N) is 2. The molecule has 2 aromatic carbocycles. The van der Waals surface area contributed by atoms with Crippen LogP contribution in [0.4, 0.5) is 5.69 Å². The Balaban J connectivity index is 1.92. The molecule has 0 saturated carbocycles. The van der Waals surface area contributed by atoms with Crippen molar-refractivity contribution < 1.29 is 14.7 Å². The van der Waals surface area contributed by atoms with E-state index in [1.165, 1.54) is 13.1 Å². The molecule has 0 fully saturated rings. The number of anilines is 1. The Morgan fingerprint density at radius 3 is 2.58 bits per heavy atom. The number of rotatable bonds is 7. The number of hydrogen-bond donors (Lipinski definition) is 3. The first-order chi connectivity index (χ1) is 12.5. The van der Waals surface area contributed by atoms with Crippen molar-refractivity contribution >= 4 is 17.4 Å². The van der Waals surface area contributed by atoms with Crippen molar-refractivity contribution in [3.8, 4) is 11.8 Å². The maximum Gasteiger partial charge on any atom is 0.263 e. The molecule has 0 unspecified atom stereocenters. The monoisotopic (exact) mass is 349 g/mol. The van der Waals surface area contributed by atoms with E-state index in [-0.39, 0.29) is 17.1 Å². The Bertz CT molecular complexity index is 865. The fourth-order valence-electron chi connectivity index (χ4n) is 2.21. The van der Waals surface area contributed by atoms with Crippen LogP contribution in [0.3, 0.4) is 0 Å². The summed E-state index contributed by atoms with van der Waals surface area (Å²) < 4.78 is 0. The van der Waals surface area contributed by atoms with E-state index in [1.54, 1.807) is 48.5 Å². The summed E-state index contributed by atoms with van der Waals surface area (Å²) in [5.74, 6) is -0.362. The summed E-state index contributed by atoms with van der Waals surface area (Å²) in [6.07, 6.45) is 1.90. The second-order valence-electron chi connectivity index (χ2n) is 5.62. The number of hydrogen-bond acceptors (Lipinski definition) is 5. The fraction of sp³-hybridized carbons (Fsp3) is 0.150. The topological polar surface area (TPSA) is 102 Å². The molecule has 0 aliphatic rings. The lowest BCUT2D eigenvalue weighted by Crippen LogP contribution is -2.27. The van der Waals surface area contributed by atoms with Crippen molar-refractivity contribution in [2.24, 2.45) is 0 Å². The molecule has 0 atom stereocenters. The van der Waals surface area contributed by atoms with E-state index >= 15 is 0 Å². The van der Waals surface area contributed by atoms with Crippen LogP contribution < -0.4 is 10.6 Å². The van der Waals surface area contributed by atoms with Crippen LogP contribution in [0.1, 0.15) is 22.8 Å². The standard InChI is InChI=1S/C20H19N3O3/c1-14(24)16-3-2-4-18(11-16)23-13-17(12-21)20(26)22-10-9-15-5-7-19(25)8-6-15/h2-8,11,13,23,25H,9-10H2,1H3,(H,22,26)/b17-13-. The van der Waals surface area contributed by atoms with Gasteiger partial charge in [-0.05, 0) is 43.2 Å². The maximum atomic E-state index is 12.1. The van der Waals surface area contributed by atoms with Crippen LogP contribution in [0.25, 0.3) is 0 Å². The van der Waals surface area contributed by atoms with Crippen molar-refractivity contribution in [3.63, 3.8) is 0 Å². The zero-order chi connectivity index (χ0) is 18.9. The van der Waals surface area contributed by atoms with Crippen molar-refractivity contribution in [1.82, 2.24) is 5.32 Å². The summed E-state index contributed by atoms with van der Waals surface area (Å²) >= 11 is 0. The minimum atomic E-state index is -0.485. The van der Waals surface area contributed by atoms with Gasteiger partial charge in [-0.1, -0.05) is 24.3 Å². The highest BCUT2D eigenvalue weighted by molar-refractivity contribution is 5.97. The summed E-state index contributed by atoms with van der Waals surface area (Å²) in [7, 11) is 0. The third kappa shape index (κ3) is 5.49. The van der Waals surface area contributed by atoms with Crippen LogP contribution in [-0.4, -0.2) is 23.3 Å². The molecule has 26 heavy (non-hydrogen) atoms. The highest BCUT2D eigenvalue weighted by atomic mass is 16.3. The zero-order valence-electron chi connectivity index (χ0n) is 14.3. The number of benzene rings is 2. The van der Waals surface area contributed by atoms with Gasteiger partial charge in [0.25, 0.3) is 5.91 Å². The van der Waals surface area contributed by atoms with Gasteiger partial charge in [-0.2, -0.15) is 5.26 Å². The molecule has 2 rings (SSSR count). The van der Waals surface area contributed by atoms with E-state index in [9.17, 15) is 14.7 Å². The number of phenols is 1. The predicted octanol–water partition coefficient (Wildman–Crippen LogP) is 2.77. The number of phenolic OH excluding ortho intramolecular Hbond substituents is 1. The van der Waals surface area contributed by atoms with Crippen molar-refractivity contribution in [1.29, 1.82) is 5.26 Å². The molecular formula is C20H19N3O3. The molecule has 0 bridgehead atoms. The number of nitriles is 1. The molecule has 0 aliphatic carbocycles. The van der Waals surface area contributed by atoms with E-state index < -0.39 is 5.91 Å². The first kappa shape index (κ1) is 18.7. The summed E-state index contributed by atoms with van der Waals surface area (Å²) in [5, 5.41) is 23.9. The van der Waals surface area contributed by atoms with E-state index in [0.29, 0.717) is 24.2 Å². The number of ketones is 1. The molecule has 0 radical (unpaired) electrons. The van der Waals surface area contributed by atoms with Gasteiger partial charge in [0.2, 0.25) is 0 Å². The zero-order valence-corrected chi connectivity index (χ0v) is 14.3. The number of nitrogens with zero attached hydrogens (tertiary/aromatic N) is 1. The molecule has 6 nitrogen and oxygen atoms in total. The second-order valence-corrected chi connectivity index (χ2v) is 5.62. The Hall–Kier alpha value is -3.59. The highest BCUT2D eigenvalue weighted by Crippen LogP contribution is 2.12. The van der Waals surface area contributed by atoms with Gasteiger partial charge >= 0.3 is 0 Å². The van der Waals surface area contributed by atoms with E-state index in [4.69, 9.17) is 5.26 Å². The molecule has 132 valence electrons. The van der Waals surface area contributed by atoms with Crippen LogP contribution in [0.5, 0.6) is 5.75 Å².